The van der Waals surface area contributed by atoms with Crippen LogP contribution in [0.25, 0.3) is 5.69 Å². The fourth-order valence-electron chi connectivity index (χ4n) is 6.99. The lowest BCUT2D eigenvalue weighted by molar-refractivity contribution is -0.144. The number of nitrogens with zero attached hydrogens (tertiary/aromatic N) is 8. The van der Waals surface area contributed by atoms with Crippen molar-refractivity contribution in [2.75, 3.05) is 39.3 Å². The van der Waals surface area contributed by atoms with Gasteiger partial charge in [0, 0.05) is 24.7 Å². The molecule has 3 aliphatic rings. The minimum absolute atomic E-state index is 0.149. The summed E-state index contributed by atoms with van der Waals surface area (Å²) in [5, 5.41) is 15.0. The molecule has 3 N–H and O–H groups in total. The van der Waals surface area contributed by atoms with Crippen molar-refractivity contribution in [1.29, 1.82) is 0 Å². The molecule has 0 radical (unpaired) electrons. The molecule has 3 atom stereocenters. The van der Waals surface area contributed by atoms with Crippen LogP contribution in [0.15, 0.2) is 59.9 Å². The van der Waals surface area contributed by atoms with Crippen molar-refractivity contribution in [2.45, 2.75) is 82.6 Å². The monoisotopic (exact) mass is 690 g/mol. The number of aliphatic imine (C=N–C) groups is 1. The summed E-state index contributed by atoms with van der Waals surface area (Å²) in [5.41, 5.74) is 8.44. The highest BCUT2D eigenvalue weighted by atomic mass is 35.5. The number of tetrazole rings is 1. The van der Waals surface area contributed by atoms with E-state index in [0.717, 1.165) is 43.6 Å². The van der Waals surface area contributed by atoms with E-state index in [1.807, 2.05) is 49.1 Å². The average molecular weight is 691 g/mol. The van der Waals surface area contributed by atoms with Gasteiger partial charge >= 0.3 is 0 Å². The van der Waals surface area contributed by atoms with Gasteiger partial charge in [-0.2, -0.15) is 0 Å². The standard InChI is InChI=1S/C35H47ClN10O3/c1-35(2)31(25-11-5-3-6-12-25)49-34(40-35)44-19-20-45(33(48)28(37)13-7-10-18-43-16-8-4-9-17-43)30(23-44)32(47)38-22-26-21-27(36)14-15-29(26)46-24-39-41-42-46/h3,5-6,11-12,14-15,21,24,28,30-31H,4,7-10,13,16-20,22-23,37H2,1-2H3,(H,38,47)/t28-,30+,31?/m1/s1. The molecule has 3 aromatic rings. The Kier molecular flexibility index (Phi) is 11.1. The van der Waals surface area contributed by atoms with E-state index in [4.69, 9.17) is 27.1 Å². The van der Waals surface area contributed by atoms with Crippen LogP contribution < -0.4 is 11.1 Å². The Bertz CT molecular complexity index is 1600. The third-order valence-electron chi connectivity index (χ3n) is 9.68. The number of piperidine rings is 1. The first kappa shape index (κ1) is 34.8. The number of unbranched alkanes of at least 4 members (excludes halogenated alkanes) is 1. The van der Waals surface area contributed by atoms with Crippen molar-refractivity contribution < 1.29 is 14.3 Å². The minimum atomic E-state index is -0.818. The highest BCUT2D eigenvalue weighted by Gasteiger charge is 2.44. The van der Waals surface area contributed by atoms with Gasteiger partial charge < -0.3 is 30.5 Å². The first-order valence-electron chi connectivity index (χ1n) is 17.3. The van der Waals surface area contributed by atoms with Crippen LogP contribution in [0.5, 0.6) is 0 Å². The maximum Gasteiger partial charge on any atom is 0.288 e. The van der Waals surface area contributed by atoms with Crippen molar-refractivity contribution in [3.05, 3.63) is 71.0 Å². The number of hydrogen-bond acceptors (Lipinski definition) is 10. The Labute approximate surface area is 292 Å². The number of piperazine rings is 1. The third-order valence-corrected chi connectivity index (χ3v) is 9.92. The topological polar surface area (TPSA) is 147 Å². The van der Waals surface area contributed by atoms with Crippen LogP contribution in [0.4, 0.5) is 0 Å². The van der Waals surface area contributed by atoms with Crippen LogP contribution >= 0.6 is 11.6 Å². The number of hydrogen-bond donors (Lipinski definition) is 2. The van der Waals surface area contributed by atoms with E-state index in [0.29, 0.717) is 36.2 Å². The van der Waals surface area contributed by atoms with Crippen molar-refractivity contribution >= 4 is 29.4 Å². The lowest BCUT2D eigenvalue weighted by Crippen LogP contribution is -2.63. The normalized spacial score (nSPS) is 21.6. The van der Waals surface area contributed by atoms with E-state index in [1.165, 1.54) is 30.3 Å². The maximum atomic E-state index is 14.1. The summed E-state index contributed by atoms with van der Waals surface area (Å²) in [6, 6.07) is 14.3. The van der Waals surface area contributed by atoms with Gasteiger partial charge in [-0.25, -0.2) is 9.67 Å². The highest BCUT2D eigenvalue weighted by Crippen LogP contribution is 2.38. The fourth-order valence-corrected chi connectivity index (χ4v) is 7.18. The van der Waals surface area contributed by atoms with Crippen molar-refractivity contribution in [1.82, 2.24) is 40.2 Å². The number of amides is 2. The van der Waals surface area contributed by atoms with Gasteiger partial charge in [0.25, 0.3) is 6.02 Å². The van der Waals surface area contributed by atoms with E-state index >= 15 is 0 Å². The smallest absolute Gasteiger partial charge is 0.288 e. The van der Waals surface area contributed by atoms with Gasteiger partial charge in [-0.05, 0) is 98.9 Å². The maximum absolute atomic E-state index is 14.1. The number of ether oxygens (including phenoxy) is 1. The Balaban J connectivity index is 1.16. The van der Waals surface area contributed by atoms with Gasteiger partial charge in [0.1, 0.15) is 17.9 Å². The molecule has 0 bridgehead atoms. The third kappa shape index (κ3) is 8.39. The molecule has 0 saturated carbocycles. The lowest BCUT2D eigenvalue weighted by atomic mass is 9.93. The number of benzene rings is 2. The molecule has 262 valence electrons. The number of likely N-dealkylation sites (tertiary alicyclic amines) is 1. The number of carbonyl (C=O) groups is 2. The summed E-state index contributed by atoms with van der Waals surface area (Å²) in [7, 11) is 0. The number of aromatic nitrogens is 4. The molecule has 13 nitrogen and oxygen atoms in total. The summed E-state index contributed by atoms with van der Waals surface area (Å²) in [6.45, 7) is 8.55. The second kappa shape index (κ2) is 15.6. The molecular weight excluding hydrogens is 644 g/mol. The minimum Gasteiger partial charge on any atom is -0.454 e. The lowest BCUT2D eigenvalue weighted by Gasteiger charge is -2.41. The van der Waals surface area contributed by atoms with Crippen molar-refractivity contribution in [3.63, 3.8) is 0 Å². The largest absolute Gasteiger partial charge is 0.454 e. The van der Waals surface area contributed by atoms with Gasteiger partial charge in [0.15, 0.2) is 6.10 Å². The molecule has 2 saturated heterocycles. The van der Waals surface area contributed by atoms with E-state index in [1.54, 1.807) is 23.1 Å². The molecule has 1 aromatic heterocycles. The van der Waals surface area contributed by atoms with Crippen LogP contribution in [-0.2, 0) is 20.9 Å². The molecule has 4 heterocycles. The highest BCUT2D eigenvalue weighted by molar-refractivity contribution is 6.30. The average Bonchev–Trinajstić information content (AvgIpc) is 3.77. The van der Waals surface area contributed by atoms with Gasteiger partial charge in [-0.15, -0.1) is 5.10 Å². The van der Waals surface area contributed by atoms with Crippen LogP contribution in [-0.4, -0.2) is 110 Å². The summed E-state index contributed by atoms with van der Waals surface area (Å²) in [6.07, 6.45) is 7.45. The Morgan fingerprint density at radius 3 is 2.61 bits per heavy atom. The molecule has 3 aliphatic heterocycles. The predicted octanol–water partition coefficient (Wildman–Crippen LogP) is 3.33. The van der Waals surface area contributed by atoms with Gasteiger partial charge in [0.05, 0.1) is 18.3 Å². The SMILES string of the molecule is CC1(C)N=C(N2CCN(C(=O)[C@H](N)CCCCN3CCCCC3)[C@H](C(=O)NCc3cc(Cl)ccc3-n3cnnn3)C2)OC1c1ccccc1. The molecule has 2 fully saturated rings. The zero-order chi connectivity index (χ0) is 34.4. The first-order valence-corrected chi connectivity index (χ1v) is 17.7. The number of nitrogens with two attached hydrogens (primary N) is 1. The van der Waals surface area contributed by atoms with Crippen LogP contribution in [0.1, 0.15) is 69.6 Å². The molecule has 6 rings (SSSR count). The molecule has 14 heteroatoms. The van der Waals surface area contributed by atoms with E-state index in [-0.39, 0.29) is 31.0 Å². The Morgan fingerprint density at radius 2 is 1.86 bits per heavy atom. The van der Waals surface area contributed by atoms with E-state index in [2.05, 4.69) is 25.7 Å². The number of amidine groups is 1. The van der Waals surface area contributed by atoms with Crippen LogP contribution in [0, 0.1) is 0 Å². The zero-order valence-electron chi connectivity index (χ0n) is 28.4. The number of rotatable bonds is 11. The van der Waals surface area contributed by atoms with E-state index in [9.17, 15) is 9.59 Å². The molecule has 49 heavy (non-hydrogen) atoms. The molecule has 2 aromatic carbocycles. The molecular formula is C35H47ClN10O3. The number of halogens is 1. The Morgan fingerprint density at radius 1 is 1.06 bits per heavy atom. The number of carbonyl (C=O) groups excluding carboxylic acids is 2. The van der Waals surface area contributed by atoms with E-state index < -0.39 is 17.6 Å². The van der Waals surface area contributed by atoms with Crippen LogP contribution in [0.3, 0.4) is 0 Å². The Hall–Kier alpha value is -4.07. The summed E-state index contributed by atoms with van der Waals surface area (Å²) in [4.78, 5) is 39.0. The van der Waals surface area contributed by atoms with Crippen molar-refractivity contribution in [2.24, 2.45) is 10.7 Å². The van der Waals surface area contributed by atoms with Crippen molar-refractivity contribution in [3.8, 4) is 5.69 Å². The van der Waals surface area contributed by atoms with Gasteiger partial charge in [0.2, 0.25) is 11.8 Å². The molecule has 0 aliphatic carbocycles. The van der Waals surface area contributed by atoms with Crippen LogP contribution in [0.2, 0.25) is 5.02 Å². The second-order valence-corrected chi connectivity index (χ2v) is 14.1. The summed E-state index contributed by atoms with van der Waals surface area (Å²) < 4.78 is 7.98. The van der Waals surface area contributed by atoms with Gasteiger partial charge in [-0.3, -0.25) is 9.59 Å². The molecule has 2 amide bonds. The summed E-state index contributed by atoms with van der Waals surface area (Å²) in [5.74, 6) is -0.526. The quantitative estimate of drug-likeness (QED) is 0.289. The molecule has 0 spiro atoms. The number of nitrogens with one attached hydrogen (secondary N) is 1. The molecule has 1 unspecified atom stereocenters. The zero-order valence-corrected chi connectivity index (χ0v) is 29.1. The summed E-state index contributed by atoms with van der Waals surface area (Å²) >= 11 is 6.33. The fraction of sp³-hybridized carbons (Fsp3) is 0.543. The first-order chi connectivity index (χ1) is 23.7. The second-order valence-electron chi connectivity index (χ2n) is 13.7. The van der Waals surface area contributed by atoms with Gasteiger partial charge in [-0.1, -0.05) is 54.8 Å². The predicted molar refractivity (Wildman–Crippen MR) is 187 cm³/mol.